The van der Waals surface area contributed by atoms with Crippen molar-refractivity contribution in [3.8, 4) is 0 Å². The van der Waals surface area contributed by atoms with Crippen LogP contribution in [0.4, 0.5) is 17.6 Å². The minimum absolute atomic E-state index is 0.475. The van der Waals surface area contributed by atoms with Crippen LogP contribution in [0.1, 0.15) is 6.92 Å². The molecule has 0 aliphatic carbocycles. The molecule has 1 N–H and O–H groups in total. The van der Waals surface area contributed by atoms with Crippen molar-refractivity contribution < 1.29 is 22.7 Å². The molecular formula is C4H6F4O. The van der Waals surface area contributed by atoms with Crippen LogP contribution in [-0.4, -0.2) is 23.6 Å². The summed E-state index contributed by atoms with van der Waals surface area (Å²) in [7, 11) is 0. The van der Waals surface area contributed by atoms with E-state index in [0.29, 0.717) is 6.92 Å². The average molecular weight is 146 g/mol. The van der Waals surface area contributed by atoms with Crippen LogP contribution >= 0.6 is 0 Å². The van der Waals surface area contributed by atoms with E-state index in [4.69, 9.17) is 5.11 Å². The number of aliphatic hydroxyl groups excluding tert-OH is 1. The van der Waals surface area contributed by atoms with E-state index in [0.717, 1.165) is 0 Å². The third-order valence-corrected chi connectivity index (χ3v) is 0.848. The second-order valence-electron chi connectivity index (χ2n) is 1.63. The summed E-state index contributed by atoms with van der Waals surface area (Å²) in [4.78, 5) is 0. The fourth-order valence-corrected chi connectivity index (χ4v) is 0.190. The fourth-order valence-electron chi connectivity index (χ4n) is 0.190. The van der Waals surface area contributed by atoms with Crippen LogP contribution < -0.4 is 0 Å². The number of alkyl halides is 4. The highest BCUT2D eigenvalue weighted by atomic mass is 19.3. The summed E-state index contributed by atoms with van der Waals surface area (Å²) < 4.78 is 46.2. The Kier molecular flexibility index (Phi) is 2.42. The third-order valence-electron chi connectivity index (χ3n) is 0.848. The summed E-state index contributed by atoms with van der Waals surface area (Å²) in [5, 5.41) is 7.59. The molecule has 0 saturated heterocycles. The van der Waals surface area contributed by atoms with E-state index in [-0.39, 0.29) is 0 Å². The Balaban J connectivity index is 4.01. The lowest BCUT2D eigenvalue weighted by atomic mass is 10.2. The van der Waals surface area contributed by atoms with Gasteiger partial charge in [-0.25, -0.2) is 8.78 Å². The highest BCUT2D eigenvalue weighted by Crippen LogP contribution is 2.25. The molecule has 0 saturated carbocycles. The number of rotatable bonds is 2. The van der Waals surface area contributed by atoms with Gasteiger partial charge in [0, 0.05) is 0 Å². The Bertz CT molecular complexity index is 80.6. The van der Waals surface area contributed by atoms with Crippen LogP contribution in [0.5, 0.6) is 0 Å². The molecule has 0 rings (SSSR count). The third kappa shape index (κ3) is 1.82. The summed E-state index contributed by atoms with van der Waals surface area (Å²) in [5.74, 6) is -4.28. The fraction of sp³-hybridized carbons (Fsp3) is 1.00. The summed E-state index contributed by atoms with van der Waals surface area (Å²) in [5.41, 5.74) is 0. The van der Waals surface area contributed by atoms with Gasteiger partial charge in [-0.2, -0.15) is 8.78 Å². The lowest BCUT2D eigenvalue weighted by molar-refractivity contribution is -0.198. The zero-order valence-corrected chi connectivity index (χ0v) is 4.61. The quantitative estimate of drug-likeness (QED) is 0.581. The molecule has 0 aromatic heterocycles. The molecule has 0 fully saturated rings. The van der Waals surface area contributed by atoms with Gasteiger partial charge in [0.15, 0.2) is 6.17 Å². The molecule has 5 heteroatoms. The van der Waals surface area contributed by atoms with Gasteiger partial charge in [0.2, 0.25) is 0 Å². The second-order valence-corrected chi connectivity index (χ2v) is 1.63. The van der Waals surface area contributed by atoms with Crippen molar-refractivity contribution in [1.29, 1.82) is 0 Å². The van der Waals surface area contributed by atoms with Gasteiger partial charge in [-0.05, 0) is 6.92 Å². The Morgan fingerprint density at radius 2 is 1.67 bits per heavy atom. The van der Waals surface area contributed by atoms with Crippen molar-refractivity contribution in [3.63, 3.8) is 0 Å². The predicted molar refractivity (Wildman–Crippen MR) is 22.6 cm³/mol. The van der Waals surface area contributed by atoms with Crippen LogP contribution in [0, 0.1) is 0 Å². The molecule has 0 aliphatic rings. The highest BCUT2D eigenvalue weighted by molar-refractivity contribution is 4.74. The molecule has 9 heavy (non-hydrogen) atoms. The van der Waals surface area contributed by atoms with Gasteiger partial charge in [-0.1, -0.05) is 0 Å². The van der Waals surface area contributed by atoms with Crippen LogP contribution in [0.2, 0.25) is 0 Å². The molecule has 0 aromatic carbocycles. The zero-order valence-electron chi connectivity index (χ0n) is 4.61. The highest BCUT2D eigenvalue weighted by Gasteiger charge is 2.45. The summed E-state index contributed by atoms with van der Waals surface area (Å²) in [6.45, 7) is 0.475. The molecule has 0 amide bonds. The maximum absolute atomic E-state index is 11.7. The monoisotopic (exact) mass is 146 g/mol. The number of aliphatic hydroxyl groups is 1. The second kappa shape index (κ2) is 2.51. The lowest BCUT2D eigenvalue weighted by Gasteiger charge is -2.16. The molecule has 56 valence electrons. The minimum atomic E-state index is -4.28. The summed E-state index contributed by atoms with van der Waals surface area (Å²) in [6.07, 6.45) is -6.09. The van der Waals surface area contributed by atoms with E-state index in [1.807, 2.05) is 0 Å². The Morgan fingerprint density at radius 1 is 1.33 bits per heavy atom. The summed E-state index contributed by atoms with van der Waals surface area (Å²) >= 11 is 0. The van der Waals surface area contributed by atoms with E-state index >= 15 is 0 Å². The number of hydrogen-bond acceptors (Lipinski definition) is 1. The minimum Gasteiger partial charge on any atom is -0.359 e. The van der Waals surface area contributed by atoms with Gasteiger partial charge in [-0.15, -0.1) is 0 Å². The SMILES string of the molecule is CC(F)C(F)(F)C(O)F. The van der Waals surface area contributed by atoms with Crippen molar-refractivity contribution in [1.82, 2.24) is 0 Å². The molecule has 0 spiro atoms. The topological polar surface area (TPSA) is 20.2 Å². The molecular weight excluding hydrogens is 140 g/mol. The van der Waals surface area contributed by atoms with E-state index < -0.39 is 18.5 Å². The van der Waals surface area contributed by atoms with Gasteiger partial charge >= 0.3 is 5.92 Å². The predicted octanol–water partition coefficient (Wildman–Crippen LogP) is 1.27. The van der Waals surface area contributed by atoms with E-state index in [9.17, 15) is 17.6 Å². The molecule has 0 radical (unpaired) electrons. The van der Waals surface area contributed by atoms with Crippen LogP contribution in [0.15, 0.2) is 0 Å². The van der Waals surface area contributed by atoms with Gasteiger partial charge in [0.1, 0.15) is 0 Å². The van der Waals surface area contributed by atoms with Gasteiger partial charge < -0.3 is 5.11 Å². The molecule has 2 atom stereocenters. The molecule has 1 nitrogen and oxygen atoms in total. The number of halogens is 4. The average Bonchev–Trinajstić information content (AvgIpc) is 1.65. The maximum atomic E-state index is 11.7. The maximum Gasteiger partial charge on any atom is 0.332 e. The van der Waals surface area contributed by atoms with Crippen LogP contribution in [0.3, 0.4) is 0 Å². The first-order valence-electron chi connectivity index (χ1n) is 2.23. The van der Waals surface area contributed by atoms with Gasteiger partial charge in [0.25, 0.3) is 6.36 Å². The first-order chi connectivity index (χ1) is 3.89. The van der Waals surface area contributed by atoms with Crippen molar-refractivity contribution >= 4 is 0 Å². The zero-order chi connectivity index (χ0) is 7.65. The Hall–Kier alpha value is -0.320. The van der Waals surface area contributed by atoms with Gasteiger partial charge in [0.05, 0.1) is 0 Å². The Morgan fingerprint density at radius 3 is 1.67 bits per heavy atom. The van der Waals surface area contributed by atoms with Crippen LogP contribution in [0.25, 0.3) is 0 Å². The largest absolute Gasteiger partial charge is 0.359 e. The van der Waals surface area contributed by atoms with E-state index in [2.05, 4.69) is 0 Å². The first-order valence-corrected chi connectivity index (χ1v) is 2.23. The standard InChI is InChI=1S/C4H6F4O/c1-2(5)4(7,8)3(6)9/h2-3,9H,1H3. The molecule has 0 heterocycles. The van der Waals surface area contributed by atoms with Crippen molar-refractivity contribution in [3.05, 3.63) is 0 Å². The van der Waals surface area contributed by atoms with Gasteiger partial charge in [-0.3, -0.25) is 0 Å². The first kappa shape index (κ1) is 8.68. The van der Waals surface area contributed by atoms with Crippen molar-refractivity contribution in [2.45, 2.75) is 25.4 Å². The van der Waals surface area contributed by atoms with Crippen molar-refractivity contribution in [2.75, 3.05) is 0 Å². The molecule has 0 bridgehead atoms. The normalized spacial score (nSPS) is 19.3. The molecule has 0 aliphatic heterocycles. The van der Waals surface area contributed by atoms with E-state index in [1.54, 1.807) is 0 Å². The molecule has 2 unspecified atom stereocenters. The lowest BCUT2D eigenvalue weighted by Crippen LogP contribution is -2.37. The van der Waals surface area contributed by atoms with E-state index in [1.165, 1.54) is 0 Å². The summed E-state index contributed by atoms with van der Waals surface area (Å²) in [6, 6.07) is 0. The Labute approximate surface area is 49.3 Å². The molecule has 0 aromatic rings. The van der Waals surface area contributed by atoms with Crippen LogP contribution in [-0.2, 0) is 0 Å². The smallest absolute Gasteiger partial charge is 0.332 e. The number of hydrogen-bond donors (Lipinski definition) is 1. The van der Waals surface area contributed by atoms with Crippen molar-refractivity contribution in [2.24, 2.45) is 0 Å².